The van der Waals surface area contributed by atoms with Gasteiger partial charge in [-0.3, -0.25) is 10.1 Å². The molecule has 0 aliphatic heterocycles. The Labute approximate surface area is 203 Å². The highest BCUT2D eigenvalue weighted by Gasteiger charge is 2.24. The summed E-state index contributed by atoms with van der Waals surface area (Å²) in [7, 11) is 0. The van der Waals surface area contributed by atoms with E-state index in [9.17, 15) is 10.1 Å². The van der Waals surface area contributed by atoms with Crippen LogP contribution in [0.15, 0.2) is 89.4 Å². The Hall–Kier alpha value is -4.77. The average molecular weight is 483 g/mol. The zero-order valence-corrected chi connectivity index (χ0v) is 19.2. The highest BCUT2D eigenvalue weighted by molar-refractivity contribution is 7.22. The normalized spacial score (nSPS) is 11.1. The Morgan fingerprint density at radius 3 is 2.23 bits per heavy atom. The molecule has 10 nitrogen and oxygen atoms in total. The maximum Gasteiger partial charge on any atom is 0.353 e. The first-order valence-corrected chi connectivity index (χ1v) is 11.3. The Morgan fingerprint density at radius 1 is 0.857 bits per heavy atom. The number of aromatic nitrogens is 3. The number of rotatable bonds is 7. The number of aryl methyl sites for hydroxylation is 1. The lowest BCUT2D eigenvalue weighted by Gasteiger charge is -2.09. The number of hydrogen-bond donors (Lipinski definition) is 2. The third kappa shape index (κ3) is 4.94. The van der Waals surface area contributed by atoms with Crippen LogP contribution in [0.3, 0.4) is 0 Å². The SMILES string of the molecule is Cc1cccc2sc(Nc3ncnc(Nc4ccc(N=Nc5ccccc5)cc4)c3[N+](=O)[O-])nc12. The summed E-state index contributed by atoms with van der Waals surface area (Å²) in [4.78, 5) is 24.1. The van der Waals surface area contributed by atoms with Crippen LogP contribution in [0.25, 0.3) is 10.2 Å². The van der Waals surface area contributed by atoms with Crippen molar-refractivity contribution in [1.29, 1.82) is 0 Å². The van der Waals surface area contributed by atoms with Gasteiger partial charge < -0.3 is 10.6 Å². The summed E-state index contributed by atoms with van der Waals surface area (Å²) in [5, 5.41) is 26.8. The second-order valence-corrected chi connectivity index (χ2v) is 8.48. The Kier molecular flexibility index (Phi) is 6.05. The third-order valence-electron chi connectivity index (χ3n) is 5.02. The second-order valence-electron chi connectivity index (χ2n) is 7.45. The Bertz CT molecular complexity index is 1540. The first-order valence-electron chi connectivity index (χ1n) is 10.5. The van der Waals surface area contributed by atoms with Gasteiger partial charge in [-0.05, 0) is 55.0 Å². The molecule has 0 aliphatic carbocycles. The van der Waals surface area contributed by atoms with Gasteiger partial charge in [0.2, 0.25) is 11.6 Å². The minimum absolute atomic E-state index is 0.0532. The van der Waals surface area contributed by atoms with Gasteiger partial charge in [0.25, 0.3) is 0 Å². The van der Waals surface area contributed by atoms with Gasteiger partial charge in [0, 0.05) is 5.69 Å². The van der Waals surface area contributed by atoms with Gasteiger partial charge >= 0.3 is 5.69 Å². The molecular formula is C24H18N8O2S. The predicted octanol–water partition coefficient (Wildman–Crippen LogP) is 7.21. The van der Waals surface area contributed by atoms with Crippen LogP contribution in [0.1, 0.15) is 5.56 Å². The van der Waals surface area contributed by atoms with Gasteiger partial charge in [-0.15, -0.1) is 0 Å². The fraction of sp³-hybridized carbons (Fsp3) is 0.0417. The van der Waals surface area contributed by atoms with Crippen LogP contribution < -0.4 is 10.6 Å². The topological polar surface area (TPSA) is 131 Å². The van der Waals surface area contributed by atoms with Gasteiger partial charge in [0.15, 0.2) is 5.13 Å². The standard InChI is InChI=1S/C24H18N8O2S/c1-15-6-5-9-19-20(15)28-24(35-19)29-23-21(32(33)34)22(25-14-26-23)27-16-10-12-18(13-11-16)31-30-17-7-3-2-4-8-17/h2-14H,1H3,(H2,25,26,27,28,29). The van der Waals surface area contributed by atoms with Crippen molar-refractivity contribution in [3.05, 3.63) is 94.8 Å². The lowest BCUT2D eigenvalue weighted by molar-refractivity contribution is -0.383. The van der Waals surface area contributed by atoms with E-state index >= 15 is 0 Å². The van der Waals surface area contributed by atoms with Crippen LogP contribution in [0.5, 0.6) is 0 Å². The molecule has 0 unspecified atom stereocenters. The number of anilines is 4. The number of nitrogens with one attached hydrogen (secondary N) is 2. The highest BCUT2D eigenvalue weighted by Crippen LogP contribution is 2.36. The number of hydrogen-bond acceptors (Lipinski definition) is 10. The molecule has 3 aromatic carbocycles. The van der Waals surface area contributed by atoms with Crippen molar-refractivity contribution in [2.24, 2.45) is 10.2 Å². The maximum absolute atomic E-state index is 11.9. The minimum Gasteiger partial charge on any atom is -0.334 e. The number of azo groups is 1. The molecule has 0 spiro atoms. The molecule has 0 saturated carbocycles. The Balaban J connectivity index is 1.38. The molecule has 172 valence electrons. The fourth-order valence-electron chi connectivity index (χ4n) is 3.33. The molecule has 35 heavy (non-hydrogen) atoms. The summed E-state index contributed by atoms with van der Waals surface area (Å²) >= 11 is 1.40. The number of benzene rings is 3. The molecule has 0 atom stereocenters. The summed E-state index contributed by atoms with van der Waals surface area (Å²) < 4.78 is 0.979. The fourth-order valence-corrected chi connectivity index (χ4v) is 4.28. The molecule has 11 heteroatoms. The number of para-hydroxylation sites is 1. The van der Waals surface area contributed by atoms with Crippen molar-refractivity contribution in [2.75, 3.05) is 10.6 Å². The van der Waals surface area contributed by atoms with Gasteiger partial charge in [-0.2, -0.15) is 10.2 Å². The Morgan fingerprint density at radius 2 is 1.54 bits per heavy atom. The van der Waals surface area contributed by atoms with E-state index in [1.165, 1.54) is 17.7 Å². The molecule has 0 bridgehead atoms. The van der Waals surface area contributed by atoms with Crippen LogP contribution in [-0.2, 0) is 0 Å². The number of thiazole rings is 1. The molecule has 0 radical (unpaired) electrons. The zero-order valence-electron chi connectivity index (χ0n) is 18.4. The van der Waals surface area contributed by atoms with Crippen LogP contribution in [-0.4, -0.2) is 19.9 Å². The van der Waals surface area contributed by atoms with Crippen molar-refractivity contribution in [3.63, 3.8) is 0 Å². The van der Waals surface area contributed by atoms with E-state index < -0.39 is 4.92 Å². The number of nitro groups is 1. The van der Waals surface area contributed by atoms with Gasteiger partial charge in [-0.25, -0.2) is 15.0 Å². The van der Waals surface area contributed by atoms with E-state index in [4.69, 9.17) is 0 Å². The summed E-state index contributed by atoms with van der Waals surface area (Å²) in [6.07, 6.45) is 1.26. The van der Waals surface area contributed by atoms with E-state index in [1.54, 1.807) is 24.3 Å². The van der Waals surface area contributed by atoms with Crippen molar-refractivity contribution in [3.8, 4) is 0 Å². The van der Waals surface area contributed by atoms with Crippen molar-refractivity contribution >= 4 is 61.1 Å². The summed E-state index contributed by atoms with van der Waals surface area (Å²) in [5.74, 6) is 0.112. The zero-order chi connectivity index (χ0) is 24.2. The summed E-state index contributed by atoms with van der Waals surface area (Å²) in [5.41, 5.74) is 3.58. The molecule has 0 aliphatic rings. The first kappa shape index (κ1) is 22.0. The van der Waals surface area contributed by atoms with E-state index in [0.717, 1.165) is 21.5 Å². The average Bonchev–Trinajstić information content (AvgIpc) is 3.28. The van der Waals surface area contributed by atoms with Gasteiger partial charge in [-0.1, -0.05) is 41.7 Å². The summed E-state index contributed by atoms with van der Waals surface area (Å²) in [6.45, 7) is 1.97. The van der Waals surface area contributed by atoms with E-state index in [0.29, 0.717) is 16.5 Å². The lowest BCUT2D eigenvalue weighted by atomic mass is 10.2. The molecule has 0 fully saturated rings. The molecule has 2 N–H and O–H groups in total. The third-order valence-corrected chi connectivity index (χ3v) is 5.95. The monoisotopic (exact) mass is 482 g/mol. The summed E-state index contributed by atoms with van der Waals surface area (Å²) in [6, 6.07) is 22.3. The van der Waals surface area contributed by atoms with Crippen molar-refractivity contribution in [1.82, 2.24) is 15.0 Å². The van der Waals surface area contributed by atoms with Crippen molar-refractivity contribution in [2.45, 2.75) is 6.92 Å². The first-order chi connectivity index (χ1) is 17.1. The smallest absolute Gasteiger partial charge is 0.334 e. The second kappa shape index (κ2) is 9.61. The highest BCUT2D eigenvalue weighted by atomic mass is 32.1. The van der Waals surface area contributed by atoms with Crippen LogP contribution in [0.4, 0.5) is 39.5 Å². The molecule has 0 saturated heterocycles. The molecular weight excluding hydrogens is 464 g/mol. The quantitative estimate of drug-likeness (QED) is 0.142. The minimum atomic E-state index is -0.522. The lowest BCUT2D eigenvalue weighted by Crippen LogP contribution is -2.05. The molecule has 5 aromatic rings. The molecule has 2 aromatic heterocycles. The van der Waals surface area contributed by atoms with Crippen molar-refractivity contribution < 1.29 is 4.92 Å². The molecule has 0 amide bonds. The predicted molar refractivity (Wildman–Crippen MR) is 137 cm³/mol. The maximum atomic E-state index is 11.9. The number of nitrogens with zero attached hydrogens (tertiary/aromatic N) is 6. The van der Waals surface area contributed by atoms with Gasteiger partial charge in [0.05, 0.1) is 26.5 Å². The van der Waals surface area contributed by atoms with E-state index in [2.05, 4.69) is 35.8 Å². The molecule has 5 rings (SSSR count). The molecule has 2 heterocycles. The van der Waals surface area contributed by atoms with Crippen LogP contribution >= 0.6 is 11.3 Å². The van der Waals surface area contributed by atoms with E-state index in [-0.39, 0.29) is 17.3 Å². The van der Waals surface area contributed by atoms with Crippen LogP contribution in [0.2, 0.25) is 0 Å². The van der Waals surface area contributed by atoms with E-state index in [1.807, 2.05) is 55.5 Å². The van der Waals surface area contributed by atoms with Crippen LogP contribution in [0, 0.1) is 17.0 Å². The number of fused-ring (bicyclic) bond motifs is 1. The largest absolute Gasteiger partial charge is 0.353 e. The van der Waals surface area contributed by atoms with Gasteiger partial charge in [0.1, 0.15) is 6.33 Å².